The fourth-order valence-corrected chi connectivity index (χ4v) is 5.82. The van der Waals surface area contributed by atoms with Crippen LogP contribution in [0.2, 0.25) is 0 Å². The lowest BCUT2D eigenvalue weighted by atomic mass is 9.97. The third kappa shape index (κ3) is 3.41. The van der Waals surface area contributed by atoms with Crippen molar-refractivity contribution in [3.63, 3.8) is 0 Å². The Morgan fingerprint density at radius 3 is 2.80 bits per heavy atom. The van der Waals surface area contributed by atoms with Gasteiger partial charge in [-0.2, -0.15) is 0 Å². The number of hydrogen-bond donors (Lipinski definition) is 2. The molecular formula is C12H16BrNO4S2. The zero-order chi connectivity index (χ0) is 14.9. The summed E-state index contributed by atoms with van der Waals surface area (Å²) in [6.45, 7) is 2.02. The highest BCUT2D eigenvalue weighted by Gasteiger charge is 2.33. The summed E-state index contributed by atoms with van der Waals surface area (Å²) in [7, 11) is -3.55. The Hall–Kier alpha value is -0.440. The Labute approximate surface area is 130 Å². The van der Waals surface area contributed by atoms with Crippen LogP contribution in [0.3, 0.4) is 0 Å². The molecule has 1 heterocycles. The Balaban J connectivity index is 2.04. The van der Waals surface area contributed by atoms with Crippen molar-refractivity contribution in [2.24, 2.45) is 11.8 Å². The maximum absolute atomic E-state index is 12.2. The number of sulfonamides is 1. The normalized spacial score (nSPS) is 23.1. The molecule has 1 fully saturated rings. The number of carboxylic acid groups (broad SMARTS) is 1. The maximum Gasteiger partial charge on any atom is 0.306 e. The Kier molecular flexibility index (Phi) is 4.88. The molecule has 112 valence electrons. The van der Waals surface area contributed by atoms with Crippen molar-refractivity contribution in [2.45, 2.75) is 30.4 Å². The van der Waals surface area contributed by atoms with Gasteiger partial charge in [0.25, 0.3) is 0 Å². The number of hydrogen-bond acceptors (Lipinski definition) is 4. The van der Waals surface area contributed by atoms with Gasteiger partial charge in [0.15, 0.2) is 0 Å². The Morgan fingerprint density at radius 1 is 1.55 bits per heavy atom. The van der Waals surface area contributed by atoms with Gasteiger partial charge in [0.05, 0.1) is 9.70 Å². The smallest absolute Gasteiger partial charge is 0.306 e. The fraction of sp³-hybridized carbons (Fsp3) is 0.583. The van der Waals surface area contributed by atoms with Crippen molar-refractivity contribution >= 4 is 43.3 Å². The topological polar surface area (TPSA) is 83.5 Å². The summed E-state index contributed by atoms with van der Waals surface area (Å²) in [5.74, 6) is -1.39. The molecule has 0 saturated heterocycles. The van der Waals surface area contributed by atoms with Crippen LogP contribution in [0.4, 0.5) is 0 Å². The SMILES string of the molecule is Cc1cc(S(=O)(=O)NCC2CCCC2C(=O)O)sc1Br. The standard InChI is InChI=1S/C12H16BrNO4S2/c1-7-5-10(19-11(7)13)20(17,18)14-6-8-3-2-4-9(8)12(15)16/h5,8-9,14H,2-4,6H2,1H3,(H,15,16). The van der Waals surface area contributed by atoms with Crippen LogP contribution in [-0.2, 0) is 14.8 Å². The van der Waals surface area contributed by atoms with Crippen LogP contribution in [0, 0.1) is 18.8 Å². The van der Waals surface area contributed by atoms with Gasteiger partial charge in [0, 0.05) is 6.54 Å². The number of aliphatic carboxylic acids is 1. The van der Waals surface area contributed by atoms with Gasteiger partial charge < -0.3 is 5.11 Å². The van der Waals surface area contributed by atoms with Crippen molar-refractivity contribution in [3.05, 3.63) is 15.4 Å². The van der Waals surface area contributed by atoms with E-state index in [1.807, 2.05) is 6.92 Å². The van der Waals surface area contributed by atoms with E-state index in [1.54, 1.807) is 6.07 Å². The molecule has 1 aliphatic carbocycles. The van der Waals surface area contributed by atoms with Gasteiger partial charge in [-0.3, -0.25) is 4.79 Å². The summed E-state index contributed by atoms with van der Waals surface area (Å²) < 4.78 is 27.9. The highest BCUT2D eigenvalue weighted by atomic mass is 79.9. The number of aryl methyl sites for hydroxylation is 1. The number of thiophene rings is 1. The molecule has 2 rings (SSSR count). The molecule has 2 atom stereocenters. The second-order valence-electron chi connectivity index (χ2n) is 5.01. The summed E-state index contributed by atoms with van der Waals surface area (Å²) >= 11 is 4.46. The molecule has 0 amide bonds. The van der Waals surface area contributed by atoms with Gasteiger partial charge in [-0.25, -0.2) is 13.1 Å². The second-order valence-corrected chi connectivity index (χ2v) is 9.37. The molecule has 0 aliphatic heterocycles. The quantitative estimate of drug-likeness (QED) is 0.820. The second kappa shape index (κ2) is 6.13. The summed E-state index contributed by atoms with van der Waals surface area (Å²) in [5.41, 5.74) is 0.875. The van der Waals surface area contributed by atoms with Crippen LogP contribution in [0.5, 0.6) is 0 Å². The van der Waals surface area contributed by atoms with Gasteiger partial charge in [0.2, 0.25) is 10.0 Å². The highest BCUT2D eigenvalue weighted by Crippen LogP contribution is 2.33. The average Bonchev–Trinajstić information content (AvgIpc) is 2.95. The van der Waals surface area contributed by atoms with E-state index >= 15 is 0 Å². The van der Waals surface area contributed by atoms with Crippen LogP contribution in [0.25, 0.3) is 0 Å². The molecule has 1 aliphatic rings. The van der Waals surface area contributed by atoms with E-state index in [9.17, 15) is 13.2 Å². The molecule has 0 spiro atoms. The molecule has 0 radical (unpaired) electrons. The molecule has 0 bridgehead atoms. The number of carbonyl (C=O) groups is 1. The molecule has 20 heavy (non-hydrogen) atoms. The fourth-order valence-electron chi connectivity index (χ4n) is 2.46. The lowest BCUT2D eigenvalue weighted by Gasteiger charge is -2.15. The lowest BCUT2D eigenvalue weighted by molar-refractivity contribution is -0.142. The van der Waals surface area contributed by atoms with Crippen molar-refractivity contribution < 1.29 is 18.3 Å². The molecule has 5 nitrogen and oxygen atoms in total. The lowest BCUT2D eigenvalue weighted by Crippen LogP contribution is -2.32. The minimum absolute atomic E-state index is 0.119. The van der Waals surface area contributed by atoms with E-state index in [-0.39, 0.29) is 16.7 Å². The van der Waals surface area contributed by atoms with E-state index in [2.05, 4.69) is 20.7 Å². The molecule has 0 aromatic carbocycles. The van der Waals surface area contributed by atoms with Gasteiger partial charge in [-0.1, -0.05) is 6.42 Å². The number of nitrogens with one attached hydrogen (secondary N) is 1. The van der Waals surface area contributed by atoms with Gasteiger partial charge in [-0.15, -0.1) is 11.3 Å². The highest BCUT2D eigenvalue weighted by molar-refractivity contribution is 9.11. The van der Waals surface area contributed by atoms with Crippen molar-refractivity contribution in [3.8, 4) is 0 Å². The van der Waals surface area contributed by atoms with Crippen LogP contribution < -0.4 is 4.72 Å². The molecular weight excluding hydrogens is 366 g/mol. The molecule has 1 aromatic heterocycles. The van der Waals surface area contributed by atoms with Crippen molar-refractivity contribution in [2.75, 3.05) is 6.54 Å². The molecule has 8 heteroatoms. The summed E-state index contributed by atoms with van der Waals surface area (Å²) in [5, 5.41) is 9.09. The summed E-state index contributed by atoms with van der Waals surface area (Å²) in [4.78, 5) is 11.1. The third-order valence-electron chi connectivity index (χ3n) is 3.61. The van der Waals surface area contributed by atoms with Crippen molar-refractivity contribution in [1.29, 1.82) is 0 Å². The van der Waals surface area contributed by atoms with E-state index < -0.39 is 21.9 Å². The summed E-state index contributed by atoms with van der Waals surface area (Å²) in [6, 6.07) is 1.61. The Morgan fingerprint density at radius 2 is 2.25 bits per heavy atom. The molecule has 2 N–H and O–H groups in total. The molecule has 1 saturated carbocycles. The first-order valence-corrected chi connectivity index (χ1v) is 9.39. The third-order valence-corrected chi connectivity index (χ3v) is 7.65. The van der Waals surface area contributed by atoms with E-state index in [0.717, 1.165) is 33.5 Å². The monoisotopic (exact) mass is 381 g/mol. The zero-order valence-electron chi connectivity index (χ0n) is 10.9. The first-order valence-electron chi connectivity index (χ1n) is 6.29. The summed E-state index contributed by atoms with van der Waals surface area (Å²) in [6.07, 6.45) is 2.23. The number of carboxylic acids is 1. The van der Waals surface area contributed by atoms with E-state index in [0.29, 0.717) is 6.42 Å². The van der Waals surface area contributed by atoms with Crippen molar-refractivity contribution in [1.82, 2.24) is 4.72 Å². The predicted molar refractivity (Wildman–Crippen MR) is 80.4 cm³/mol. The van der Waals surface area contributed by atoms with E-state index in [4.69, 9.17) is 5.11 Å². The van der Waals surface area contributed by atoms with Crippen LogP contribution >= 0.6 is 27.3 Å². The van der Waals surface area contributed by atoms with Gasteiger partial charge in [-0.05, 0) is 53.2 Å². The predicted octanol–water partition coefficient (Wildman–Crippen LogP) is 2.60. The molecule has 2 unspecified atom stereocenters. The first-order chi connectivity index (χ1) is 9.31. The van der Waals surface area contributed by atoms with Gasteiger partial charge in [0.1, 0.15) is 4.21 Å². The van der Waals surface area contributed by atoms with Crippen LogP contribution in [0.1, 0.15) is 24.8 Å². The Bertz CT molecular complexity index is 591. The van der Waals surface area contributed by atoms with E-state index in [1.165, 1.54) is 0 Å². The largest absolute Gasteiger partial charge is 0.481 e. The minimum Gasteiger partial charge on any atom is -0.481 e. The first kappa shape index (κ1) is 15.9. The molecule has 1 aromatic rings. The average molecular weight is 382 g/mol. The minimum atomic E-state index is -3.55. The number of halogens is 1. The van der Waals surface area contributed by atoms with Gasteiger partial charge >= 0.3 is 5.97 Å². The van der Waals surface area contributed by atoms with Crippen LogP contribution in [-0.4, -0.2) is 26.0 Å². The zero-order valence-corrected chi connectivity index (χ0v) is 14.1. The number of rotatable bonds is 5. The maximum atomic E-state index is 12.2. The van der Waals surface area contributed by atoms with Crippen LogP contribution in [0.15, 0.2) is 14.1 Å².